The minimum absolute atomic E-state index is 0.279. The first-order valence-electron chi connectivity index (χ1n) is 7.67. The molecule has 18 heavy (non-hydrogen) atoms. The van der Waals surface area contributed by atoms with Gasteiger partial charge < -0.3 is 15.4 Å². The summed E-state index contributed by atoms with van der Waals surface area (Å²) in [7, 11) is 0. The summed E-state index contributed by atoms with van der Waals surface area (Å²) in [5, 5.41) is 0. The number of nitrogens with zero attached hydrogens (tertiary/aromatic N) is 1. The summed E-state index contributed by atoms with van der Waals surface area (Å²) in [6, 6.07) is 0. The molecule has 0 aromatic rings. The monoisotopic (exact) mass is 256 g/mol. The van der Waals surface area contributed by atoms with E-state index < -0.39 is 0 Å². The maximum atomic E-state index is 5.97. The Morgan fingerprint density at radius 3 is 2.72 bits per heavy atom. The lowest BCUT2D eigenvalue weighted by molar-refractivity contribution is -0.0104. The van der Waals surface area contributed by atoms with Crippen LogP contribution in [-0.2, 0) is 4.74 Å². The van der Waals surface area contributed by atoms with Gasteiger partial charge in [-0.1, -0.05) is 27.2 Å². The van der Waals surface area contributed by atoms with Gasteiger partial charge in [0, 0.05) is 19.7 Å². The smallest absolute Gasteiger partial charge is 0.0702 e. The molecule has 0 aromatic heterocycles. The number of hydrogen-bond acceptors (Lipinski definition) is 3. The zero-order valence-corrected chi connectivity index (χ0v) is 12.6. The second-order valence-corrected chi connectivity index (χ2v) is 6.13. The van der Waals surface area contributed by atoms with E-state index in [1.54, 1.807) is 0 Å². The highest BCUT2D eigenvalue weighted by Crippen LogP contribution is 2.25. The number of hydrogen-bond donors (Lipinski definition) is 1. The van der Waals surface area contributed by atoms with Crippen molar-refractivity contribution in [1.29, 1.82) is 0 Å². The lowest BCUT2D eigenvalue weighted by Gasteiger charge is -2.39. The van der Waals surface area contributed by atoms with E-state index in [0.29, 0.717) is 6.10 Å². The van der Waals surface area contributed by atoms with Gasteiger partial charge in [0.25, 0.3) is 0 Å². The van der Waals surface area contributed by atoms with Crippen LogP contribution in [0.4, 0.5) is 0 Å². The number of likely N-dealkylation sites (tertiary alicyclic amines) is 1. The van der Waals surface area contributed by atoms with Crippen LogP contribution in [0.5, 0.6) is 0 Å². The molecule has 0 spiro atoms. The largest absolute Gasteiger partial charge is 0.377 e. The molecule has 2 atom stereocenters. The second-order valence-electron chi connectivity index (χ2n) is 6.13. The number of nitrogens with two attached hydrogens (primary N) is 1. The molecule has 0 amide bonds. The molecular weight excluding hydrogens is 224 g/mol. The zero-order chi connectivity index (χ0) is 13.4. The van der Waals surface area contributed by atoms with Crippen molar-refractivity contribution in [2.75, 3.05) is 32.8 Å². The Morgan fingerprint density at radius 1 is 1.33 bits per heavy atom. The molecule has 1 fully saturated rings. The van der Waals surface area contributed by atoms with E-state index >= 15 is 0 Å². The Morgan fingerprint density at radius 2 is 2.11 bits per heavy atom. The van der Waals surface area contributed by atoms with E-state index in [9.17, 15) is 0 Å². The van der Waals surface area contributed by atoms with Crippen molar-refractivity contribution in [2.45, 2.75) is 59.0 Å². The van der Waals surface area contributed by atoms with E-state index in [-0.39, 0.29) is 5.41 Å². The van der Waals surface area contributed by atoms with Crippen LogP contribution in [0.15, 0.2) is 0 Å². The first-order chi connectivity index (χ1) is 8.63. The summed E-state index contributed by atoms with van der Waals surface area (Å²) in [4.78, 5) is 2.56. The maximum absolute atomic E-state index is 5.97. The molecule has 2 unspecified atom stereocenters. The quantitative estimate of drug-likeness (QED) is 0.725. The molecule has 3 heteroatoms. The summed E-state index contributed by atoms with van der Waals surface area (Å²) in [6.07, 6.45) is 6.50. The van der Waals surface area contributed by atoms with Gasteiger partial charge in [-0.3, -0.25) is 0 Å². The van der Waals surface area contributed by atoms with Crippen molar-refractivity contribution in [2.24, 2.45) is 11.1 Å². The number of piperidine rings is 1. The van der Waals surface area contributed by atoms with Crippen LogP contribution < -0.4 is 5.73 Å². The third-order valence-corrected chi connectivity index (χ3v) is 3.97. The van der Waals surface area contributed by atoms with Crippen molar-refractivity contribution < 1.29 is 4.74 Å². The average Bonchev–Trinajstić information content (AvgIpc) is 2.37. The summed E-state index contributed by atoms with van der Waals surface area (Å²) in [5.74, 6) is 0. The first-order valence-corrected chi connectivity index (χ1v) is 7.67. The van der Waals surface area contributed by atoms with Gasteiger partial charge in [0.1, 0.15) is 0 Å². The van der Waals surface area contributed by atoms with Crippen LogP contribution in [0, 0.1) is 5.41 Å². The lowest BCUT2D eigenvalue weighted by Crippen LogP contribution is -2.47. The Balaban J connectivity index is 2.40. The molecule has 1 saturated heterocycles. The molecule has 3 nitrogen and oxygen atoms in total. The van der Waals surface area contributed by atoms with Crippen LogP contribution in [-0.4, -0.2) is 43.8 Å². The first kappa shape index (κ1) is 15.9. The molecule has 0 aliphatic carbocycles. The minimum Gasteiger partial charge on any atom is -0.377 e. The molecule has 1 aliphatic rings. The average molecular weight is 256 g/mol. The van der Waals surface area contributed by atoms with Crippen molar-refractivity contribution in [3.8, 4) is 0 Å². The molecule has 108 valence electrons. The Hall–Kier alpha value is -0.120. The van der Waals surface area contributed by atoms with Gasteiger partial charge in [0.15, 0.2) is 0 Å². The molecule has 0 aromatic carbocycles. The molecule has 0 radical (unpaired) electrons. The number of ether oxygens (including phenoxy) is 1. The highest BCUT2D eigenvalue weighted by Gasteiger charge is 2.28. The van der Waals surface area contributed by atoms with Crippen LogP contribution in [0.1, 0.15) is 52.9 Å². The SMILES string of the molecule is CCCOC1CCCN(CC(C)(CN)CCC)C1. The molecule has 2 N–H and O–H groups in total. The fourth-order valence-corrected chi connectivity index (χ4v) is 2.97. The van der Waals surface area contributed by atoms with Crippen molar-refractivity contribution in [3.05, 3.63) is 0 Å². The summed E-state index contributed by atoms with van der Waals surface area (Å²) in [5.41, 5.74) is 6.25. The van der Waals surface area contributed by atoms with Crippen LogP contribution in [0.2, 0.25) is 0 Å². The highest BCUT2D eigenvalue weighted by atomic mass is 16.5. The Labute approximate surface area is 113 Å². The normalized spacial score (nSPS) is 25.0. The Kier molecular flexibility index (Phi) is 7.20. The summed E-state index contributed by atoms with van der Waals surface area (Å²) < 4.78 is 5.90. The fourth-order valence-electron chi connectivity index (χ4n) is 2.97. The van der Waals surface area contributed by atoms with E-state index in [4.69, 9.17) is 10.5 Å². The minimum atomic E-state index is 0.279. The van der Waals surface area contributed by atoms with Crippen molar-refractivity contribution in [3.63, 3.8) is 0 Å². The van der Waals surface area contributed by atoms with Gasteiger partial charge in [0.2, 0.25) is 0 Å². The third-order valence-electron chi connectivity index (χ3n) is 3.97. The van der Waals surface area contributed by atoms with E-state index in [1.165, 1.54) is 32.2 Å². The molecule has 1 aliphatic heterocycles. The third kappa shape index (κ3) is 5.25. The maximum Gasteiger partial charge on any atom is 0.0702 e. The van der Waals surface area contributed by atoms with Gasteiger partial charge in [0.05, 0.1) is 6.10 Å². The van der Waals surface area contributed by atoms with Crippen molar-refractivity contribution >= 4 is 0 Å². The van der Waals surface area contributed by atoms with Crippen LogP contribution in [0.25, 0.3) is 0 Å². The van der Waals surface area contributed by atoms with Crippen LogP contribution >= 0.6 is 0 Å². The lowest BCUT2D eigenvalue weighted by atomic mass is 9.84. The van der Waals surface area contributed by atoms with Crippen LogP contribution in [0.3, 0.4) is 0 Å². The van der Waals surface area contributed by atoms with E-state index in [0.717, 1.165) is 32.7 Å². The topological polar surface area (TPSA) is 38.5 Å². The van der Waals surface area contributed by atoms with Gasteiger partial charge >= 0.3 is 0 Å². The fraction of sp³-hybridized carbons (Fsp3) is 1.00. The molecule has 1 rings (SSSR count). The summed E-state index contributed by atoms with van der Waals surface area (Å²) in [6.45, 7) is 11.9. The molecule has 0 bridgehead atoms. The number of rotatable bonds is 8. The molecule has 1 heterocycles. The second kappa shape index (κ2) is 8.13. The Bertz CT molecular complexity index is 223. The molecular formula is C15H32N2O. The predicted molar refractivity (Wildman–Crippen MR) is 77.8 cm³/mol. The molecule has 0 saturated carbocycles. The van der Waals surface area contributed by atoms with E-state index in [1.807, 2.05) is 0 Å². The van der Waals surface area contributed by atoms with E-state index in [2.05, 4.69) is 25.7 Å². The highest BCUT2D eigenvalue weighted by molar-refractivity contribution is 4.82. The van der Waals surface area contributed by atoms with Gasteiger partial charge in [-0.05, 0) is 44.2 Å². The standard InChI is InChI=1S/C15H32N2O/c1-4-8-15(3,12-16)13-17-9-6-7-14(11-17)18-10-5-2/h14H,4-13,16H2,1-3H3. The predicted octanol–water partition coefficient (Wildman–Crippen LogP) is 2.64. The van der Waals surface area contributed by atoms with Gasteiger partial charge in [-0.2, -0.15) is 0 Å². The van der Waals surface area contributed by atoms with Gasteiger partial charge in [-0.25, -0.2) is 0 Å². The summed E-state index contributed by atoms with van der Waals surface area (Å²) >= 11 is 0. The zero-order valence-electron chi connectivity index (χ0n) is 12.6. The van der Waals surface area contributed by atoms with Crippen molar-refractivity contribution in [1.82, 2.24) is 4.90 Å². The van der Waals surface area contributed by atoms with Gasteiger partial charge in [-0.15, -0.1) is 0 Å².